The molecule has 0 fully saturated rings. The number of rotatable bonds is 6. The second kappa shape index (κ2) is 6.44. The van der Waals surface area contributed by atoms with E-state index in [1.54, 1.807) is 6.92 Å². The van der Waals surface area contributed by atoms with Gasteiger partial charge >= 0.3 is 5.97 Å². The zero-order valence-corrected chi connectivity index (χ0v) is 14.1. The summed E-state index contributed by atoms with van der Waals surface area (Å²) in [7, 11) is 0. The monoisotopic (exact) mass is 316 g/mol. The predicted octanol–water partition coefficient (Wildman–Crippen LogP) is 2.96. The zero-order chi connectivity index (χ0) is 17.2. The number of carbonyl (C=O) groups is 2. The molecule has 1 heterocycles. The molecule has 2 aromatic rings. The highest BCUT2D eigenvalue weighted by Gasteiger charge is 2.32. The molecule has 0 saturated heterocycles. The Kier molecular flexibility index (Phi) is 4.78. The number of amides is 1. The van der Waals surface area contributed by atoms with Crippen molar-refractivity contribution in [3.8, 4) is 0 Å². The van der Waals surface area contributed by atoms with Crippen LogP contribution in [0, 0.1) is 12.8 Å². The van der Waals surface area contributed by atoms with Crippen molar-refractivity contribution in [2.45, 2.75) is 46.2 Å². The molecule has 1 aromatic heterocycles. The fourth-order valence-electron chi connectivity index (χ4n) is 2.77. The van der Waals surface area contributed by atoms with Crippen LogP contribution in [-0.2, 0) is 16.1 Å². The van der Waals surface area contributed by atoms with E-state index in [4.69, 9.17) is 5.11 Å². The van der Waals surface area contributed by atoms with Crippen LogP contribution in [0.5, 0.6) is 0 Å². The first-order valence-electron chi connectivity index (χ1n) is 7.80. The molecule has 2 N–H and O–H groups in total. The topological polar surface area (TPSA) is 71.3 Å². The third kappa shape index (κ3) is 3.73. The van der Waals surface area contributed by atoms with Crippen molar-refractivity contribution in [1.29, 1.82) is 0 Å². The summed E-state index contributed by atoms with van der Waals surface area (Å²) in [4.78, 5) is 23.6. The van der Waals surface area contributed by atoms with Gasteiger partial charge in [-0.15, -0.1) is 0 Å². The van der Waals surface area contributed by atoms with Gasteiger partial charge < -0.3 is 15.0 Å². The molecule has 0 spiro atoms. The SMILES string of the molecule is Cc1cc2ccccc2n1CC(=O)NC(C)(CC(=O)O)C(C)C. The van der Waals surface area contributed by atoms with E-state index in [9.17, 15) is 9.59 Å². The van der Waals surface area contributed by atoms with Crippen LogP contribution in [-0.4, -0.2) is 27.1 Å². The highest BCUT2D eigenvalue weighted by molar-refractivity contribution is 5.84. The van der Waals surface area contributed by atoms with E-state index in [-0.39, 0.29) is 24.8 Å². The van der Waals surface area contributed by atoms with Gasteiger partial charge in [-0.25, -0.2) is 0 Å². The van der Waals surface area contributed by atoms with Gasteiger partial charge in [0, 0.05) is 11.2 Å². The van der Waals surface area contributed by atoms with Crippen LogP contribution in [0.15, 0.2) is 30.3 Å². The highest BCUT2D eigenvalue weighted by Crippen LogP contribution is 2.22. The molecule has 0 saturated carbocycles. The van der Waals surface area contributed by atoms with E-state index in [1.807, 2.05) is 55.7 Å². The second-order valence-electron chi connectivity index (χ2n) is 6.62. The number of para-hydroxylation sites is 1. The van der Waals surface area contributed by atoms with Crippen LogP contribution < -0.4 is 5.32 Å². The van der Waals surface area contributed by atoms with Crippen LogP contribution in [0.25, 0.3) is 10.9 Å². The minimum atomic E-state index is -0.913. The molecule has 124 valence electrons. The number of hydrogen-bond acceptors (Lipinski definition) is 2. The van der Waals surface area contributed by atoms with E-state index in [0.717, 1.165) is 16.6 Å². The van der Waals surface area contributed by atoms with Gasteiger partial charge in [0.05, 0.1) is 12.0 Å². The van der Waals surface area contributed by atoms with Crippen molar-refractivity contribution >= 4 is 22.8 Å². The number of fused-ring (bicyclic) bond motifs is 1. The summed E-state index contributed by atoms with van der Waals surface area (Å²) in [6, 6.07) is 9.95. The Morgan fingerprint density at radius 2 is 1.96 bits per heavy atom. The highest BCUT2D eigenvalue weighted by atomic mass is 16.4. The summed E-state index contributed by atoms with van der Waals surface area (Å²) in [5.41, 5.74) is 1.25. The van der Waals surface area contributed by atoms with Gasteiger partial charge in [-0.05, 0) is 37.3 Å². The first kappa shape index (κ1) is 17.1. The summed E-state index contributed by atoms with van der Waals surface area (Å²) in [5.74, 6) is -1.07. The maximum absolute atomic E-state index is 12.5. The van der Waals surface area contributed by atoms with E-state index >= 15 is 0 Å². The van der Waals surface area contributed by atoms with Gasteiger partial charge in [-0.2, -0.15) is 0 Å². The number of hydrogen-bond donors (Lipinski definition) is 2. The lowest BCUT2D eigenvalue weighted by atomic mass is 9.85. The molecule has 2 rings (SSSR count). The third-order valence-corrected chi connectivity index (χ3v) is 4.54. The van der Waals surface area contributed by atoms with Gasteiger partial charge in [-0.3, -0.25) is 9.59 Å². The number of benzene rings is 1. The molecular formula is C18H24N2O3. The maximum atomic E-state index is 12.5. The van der Waals surface area contributed by atoms with Gasteiger partial charge in [-0.1, -0.05) is 32.0 Å². The van der Waals surface area contributed by atoms with Crippen LogP contribution in [0.2, 0.25) is 0 Å². The Hall–Kier alpha value is -2.30. The lowest BCUT2D eigenvalue weighted by molar-refractivity contribution is -0.139. The van der Waals surface area contributed by atoms with Gasteiger partial charge in [0.2, 0.25) is 5.91 Å². The summed E-state index contributed by atoms with van der Waals surface area (Å²) < 4.78 is 1.95. The Labute approximate surface area is 136 Å². The molecule has 1 unspecified atom stereocenters. The van der Waals surface area contributed by atoms with E-state index < -0.39 is 11.5 Å². The Bertz CT molecular complexity index is 733. The number of aryl methyl sites for hydroxylation is 1. The molecule has 0 aliphatic heterocycles. The molecule has 0 aliphatic carbocycles. The van der Waals surface area contributed by atoms with E-state index in [1.165, 1.54) is 0 Å². The molecule has 1 aromatic carbocycles. The molecule has 23 heavy (non-hydrogen) atoms. The van der Waals surface area contributed by atoms with Crippen molar-refractivity contribution in [3.05, 3.63) is 36.0 Å². The summed E-state index contributed by atoms with van der Waals surface area (Å²) >= 11 is 0. The number of aliphatic carboxylic acids is 1. The van der Waals surface area contributed by atoms with Crippen molar-refractivity contribution in [2.75, 3.05) is 0 Å². The Morgan fingerprint density at radius 1 is 1.30 bits per heavy atom. The van der Waals surface area contributed by atoms with Crippen LogP contribution >= 0.6 is 0 Å². The van der Waals surface area contributed by atoms with Crippen molar-refractivity contribution in [2.24, 2.45) is 5.92 Å². The van der Waals surface area contributed by atoms with Gasteiger partial charge in [0.25, 0.3) is 0 Å². The molecular weight excluding hydrogens is 292 g/mol. The summed E-state index contributed by atoms with van der Waals surface area (Å²) in [6.07, 6.45) is -0.0954. The normalized spacial score (nSPS) is 14.0. The first-order valence-corrected chi connectivity index (χ1v) is 7.80. The molecule has 1 amide bonds. The minimum absolute atomic E-state index is 0.0186. The minimum Gasteiger partial charge on any atom is -0.481 e. The molecule has 0 aliphatic rings. The van der Waals surface area contributed by atoms with E-state index in [2.05, 4.69) is 5.32 Å². The zero-order valence-electron chi connectivity index (χ0n) is 14.1. The molecule has 5 nitrogen and oxygen atoms in total. The Balaban J connectivity index is 2.20. The van der Waals surface area contributed by atoms with Crippen LogP contribution in [0.4, 0.5) is 0 Å². The largest absolute Gasteiger partial charge is 0.481 e. The number of aromatic nitrogens is 1. The van der Waals surface area contributed by atoms with E-state index in [0.29, 0.717) is 0 Å². The second-order valence-corrected chi connectivity index (χ2v) is 6.62. The first-order chi connectivity index (χ1) is 10.7. The number of carbonyl (C=O) groups excluding carboxylic acids is 1. The fourth-order valence-corrected chi connectivity index (χ4v) is 2.77. The number of nitrogens with one attached hydrogen (secondary N) is 1. The summed E-state index contributed by atoms with van der Waals surface area (Å²) in [5, 5.41) is 13.1. The lowest BCUT2D eigenvalue weighted by Gasteiger charge is -2.33. The van der Waals surface area contributed by atoms with Crippen molar-refractivity contribution in [3.63, 3.8) is 0 Å². The standard InChI is InChI=1S/C18H24N2O3/c1-12(2)18(4,10-17(22)23)19-16(21)11-20-13(3)9-14-7-5-6-8-15(14)20/h5-9,12H,10-11H2,1-4H3,(H,19,21)(H,22,23). The molecule has 0 bridgehead atoms. The maximum Gasteiger partial charge on any atom is 0.305 e. The van der Waals surface area contributed by atoms with Crippen molar-refractivity contribution < 1.29 is 14.7 Å². The number of nitrogens with zero attached hydrogens (tertiary/aromatic N) is 1. The quantitative estimate of drug-likeness (QED) is 0.860. The molecule has 0 radical (unpaired) electrons. The number of carboxylic acid groups (broad SMARTS) is 1. The molecule has 5 heteroatoms. The third-order valence-electron chi connectivity index (χ3n) is 4.54. The number of carboxylic acids is 1. The summed E-state index contributed by atoms with van der Waals surface area (Å²) in [6.45, 7) is 7.76. The molecule has 1 atom stereocenters. The van der Waals surface area contributed by atoms with Gasteiger partial charge in [0.1, 0.15) is 6.54 Å². The van der Waals surface area contributed by atoms with Crippen molar-refractivity contribution in [1.82, 2.24) is 9.88 Å². The average molecular weight is 316 g/mol. The lowest BCUT2D eigenvalue weighted by Crippen LogP contribution is -2.52. The predicted molar refractivity (Wildman–Crippen MR) is 90.3 cm³/mol. The van der Waals surface area contributed by atoms with Crippen LogP contribution in [0.1, 0.15) is 32.9 Å². The average Bonchev–Trinajstić information content (AvgIpc) is 2.74. The smallest absolute Gasteiger partial charge is 0.305 e. The Morgan fingerprint density at radius 3 is 2.57 bits per heavy atom. The van der Waals surface area contributed by atoms with Crippen LogP contribution in [0.3, 0.4) is 0 Å². The van der Waals surface area contributed by atoms with Gasteiger partial charge in [0.15, 0.2) is 0 Å². The fraction of sp³-hybridized carbons (Fsp3) is 0.444.